The molecule has 0 N–H and O–H groups in total. The number of benzene rings is 8. The van der Waals surface area contributed by atoms with Crippen LogP contribution in [-0.2, 0) is 4.57 Å². The van der Waals surface area contributed by atoms with E-state index in [0.717, 1.165) is 49.6 Å². The van der Waals surface area contributed by atoms with E-state index in [1.807, 2.05) is 84.9 Å². The molecule has 0 aliphatic carbocycles. The van der Waals surface area contributed by atoms with Gasteiger partial charge in [-0.05, 0) is 73.8 Å². The minimum Gasteiger partial charge on any atom is -0.309 e. The van der Waals surface area contributed by atoms with E-state index in [4.69, 9.17) is 4.98 Å². The zero-order chi connectivity index (χ0) is 32.1. The van der Waals surface area contributed by atoms with Crippen LogP contribution in [0.5, 0.6) is 0 Å². The molecule has 0 saturated heterocycles. The van der Waals surface area contributed by atoms with Crippen molar-refractivity contribution in [2.75, 3.05) is 0 Å². The number of nitrogens with zero attached hydrogens (tertiary/aromatic N) is 1. The van der Waals surface area contributed by atoms with Gasteiger partial charge in [-0.1, -0.05) is 152 Å². The van der Waals surface area contributed by atoms with E-state index in [0.29, 0.717) is 0 Å². The first-order chi connectivity index (χ1) is 23.7. The topological polar surface area (TPSA) is 30.0 Å². The molecule has 0 amide bonds. The SMILES string of the molecule is O=P(c1ccccc1)(c1ccccc1)c1cc(-c2cccc(-c3ccccc3)n2)cc(-c2ccc3ccc4cccc5ccc2c3c45)c1. The summed E-state index contributed by atoms with van der Waals surface area (Å²) in [6.45, 7) is 0. The number of hydrogen-bond donors (Lipinski definition) is 0. The van der Waals surface area contributed by atoms with E-state index in [-0.39, 0.29) is 0 Å². The smallest absolute Gasteiger partial charge is 0.171 e. The fourth-order valence-electron chi connectivity index (χ4n) is 7.17. The Hall–Kier alpha value is -5.82. The molecule has 2 nitrogen and oxygen atoms in total. The van der Waals surface area contributed by atoms with Crippen molar-refractivity contribution in [3.05, 3.63) is 182 Å². The largest absolute Gasteiger partial charge is 0.309 e. The highest BCUT2D eigenvalue weighted by atomic mass is 31.2. The Labute approximate surface area is 279 Å². The zero-order valence-corrected chi connectivity index (χ0v) is 27.0. The van der Waals surface area contributed by atoms with Gasteiger partial charge in [0.05, 0.1) is 11.4 Å². The van der Waals surface area contributed by atoms with Crippen LogP contribution in [0.3, 0.4) is 0 Å². The molecule has 0 saturated carbocycles. The highest BCUT2D eigenvalue weighted by Crippen LogP contribution is 2.46. The lowest BCUT2D eigenvalue weighted by molar-refractivity contribution is 0.592. The first kappa shape index (κ1) is 28.4. The highest BCUT2D eigenvalue weighted by Gasteiger charge is 2.31. The molecular formula is C45H30NOP. The summed E-state index contributed by atoms with van der Waals surface area (Å²) in [5.74, 6) is 0. The Morgan fingerprint density at radius 2 is 0.896 bits per heavy atom. The predicted molar refractivity (Wildman–Crippen MR) is 204 cm³/mol. The van der Waals surface area contributed by atoms with E-state index in [1.54, 1.807) is 0 Å². The molecular weight excluding hydrogens is 601 g/mol. The van der Waals surface area contributed by atoms with Crippen LogP contribution < -0.4 is 15.9 Å². The summed E-state index contributed by atoms with van der Waals surface area (Å²) >= 11 is 0. The minimum atomic E-state index is -3.29. The van der Waals surface area contributed by atoms with Gasteiger partial charge >= 0.3 is 0 Å². The average molecular weight is 632 g/mol. The molecule has 1 aromatic heterocycles. The summed E-state index contributed by atoms with van der Waals surface area (Å²) in [6.07, 6.45) is 0. The van der Waals surface area contributed by atoms with E-state index < -0.39 is 7.14 Å². The van der Waals surface area contributed by atoms with Gasteiger partial charge in [0.25, 0.3) is 0 Å². The van der Waals surface area contributed by atoms with Crippen molar-refractivity contribution in [3.8, 4) is 33.6 Å². The van der Waals surface area contributed by atoms with Crippen molar-refractivity contribution in [1.29, 1.82) is 0 Å². The van der Waals surface area contributed by atoms with Crippen molar-refractivity contribution in [3.63, 3.8) is 0 Å². The Morgan fingerprint density at radius 1 is 0.375 bits per heavy atom. The van der Waals surface area contributed by atoms with Crippen molar-refractivity contribution in [1.82, 2.24) is 4.98 Å². The first-order valence-corrected chi connectivity index (χ1v) is 17.9. The molecule has 0 radical (unpaired) electrons. The van der Waals surface area contributed by atoms with Gasteiger partial charge in [0, 0.05) is 27.0 Å². The van der Waals surface area contributed by atoms with Crippen molar-refractivity contribution in [2.45, 2.75) is 0 Å². The van der Waals surface area contributed by atoms with Gasteiger partial charge in [-0.15, -0.1) is 0 Å². The summed E-state index contributed by atoms with van der Waals surface area (Å²) in [5.41, 5.74) is 5.84. The number of pyridine rings is 1. The minimum absolute atomic E-state index is 0.782. The summed E-state index contributed by atoms with van der Waals surface area (Å²) in [6, 6.07) is 62.5. The number of aromatic nitrogens is 1. The third kappa shape index (κ3) is 4.65. The Bertz CT molecular complexity index is 2570. The second-order valence-corrected chi connectivity index (χ2v) is 15.1. The second kappa shape index (κ2) is 11.5. The van der Waals surface area contributed by atoms with Crippen molar-refractivity contribution in [2.24, 2.45) is 0 Å². The fraction of sp³-hybridized carbons (Fsp3) is 0. The lowest BCUT2D eigenvalue weighted by atomic mass is 9.89. The maximum atomic E-state index is 15.8. The van der Waals surface area contributed by atoms with Crippen molar-refractivity contribution < 1.29 is 4.57 Å². The molecule has 0 bridgehead atoms. The van der Waals surface area contributed by atoms with Crippen molar-refractivity contribution >= 4 is 55.4 Å². The molecule has 0 unspecified atom stereocenters. The van der Waals surface area contributed by atoms with Crippen LogP contribution in [-0.4, -0.2) is 4.98 Å². The Kier molecular flexibility index (Phi) is 6.78. The lowest BCUT2D eigenvalue weighted by Gasteiger charge is -2.22. The van der Waals surface area contributed by atoms with Gasteiger partial charge in [-0.3, -0.25) is 0 Å². The van der Waals surface area contributed by atoms with E-state index >= 15 is 4.57 Å². The molecule has 9 aromatic rings. The summed E-state index contributed by atoms with van der Waals surface area (Å²) < 4.78 is 15.8. The molecule has 1 heterocycles. The van der Waals surface area contributed by atoms with Crippen LogP contribution in [0, 0.1) is 0 Å². The number of rotatable bonds is 6. The van der Waals surface area contributed by atoms with Gasteiger partial charge in [-0.2, -0.15) is 0 Å². The quantitative estimate of drug-likeness (QED) is 0.135. The summed E-state index contributed by atoms with van der Waals surface area (Å²) in [7, 11) is -3.29. The third-order valence-corrected chi connectivity index (χ3v) is 12.5. The Balaban J connectivity index is 1.34. The van der Waals surface area contributed by atoms with Crippen LogP contribution in [0.4, 0.5) is 0 Å². The van der Waals surface area contributed by atoms with Crippen LogP contribution in [0.2, 0.25) is 0 Å². The van der Waals surface area contributed by atoms with Crippen LogP contribution in [0.15, 0.2) is 182 Å². The van der Waals surface area contributed by atoms with Gasteiger partial charge in [0.15, 0.2) is 7.14 Å². The van der Waals surface area contributed by atoms with Gasteiger partial charge in [0.1, 0.15) is 0 Å². The zero-order valence-electron chi connectivity index (χ0n) is 26.1. The van der Waals surface area contributed by atoms with Gasteiger partial charge < -0.3 is 4.57 Å². The molecule has 0 aliphatic rings. The number of hydrogen-bond acceptors (Lipinski definition) is 2. The van der Waals surface area contributed by atoms with E-state index in [2.05, 4.69) is 97.1 Å². The molecule has 226 valence electrons. The monoisotopic (exact) mass is 631 g/mol. The standard InChI is InChI=1S/C45H30NOP/c47-48(37-16-6-2-7-17-37,38-18-8-3-9-19-38)39-29-35(28-36(30-39)43-21-11-20-42(46-43)31-12-4-1-5-13-31)40-26-24-34-23-22-32-14-10-15-33-25-27-41(40)45(34)44(32)33/h1-30H. The molecule has 48 heavy (non-hydrogen) atoms. The predicted octanol–water partition coefficient (Wildman–Crippen LogP) is 10.6. The molecule has 8 aromatic carbocycles. The molecule has 9 rings (SSSR count). The second-order valence-electron chi connectivity index (χ2n) is 12.3. The van der Waals surface area contributed by atoms with E-state index in [9.17, 15) is 0 Å². The molecule has 0 spiro atoms. The molecule has 0 aliphatic heterocycles. The third-order valence-electron chi connectivity index (χ3n) is 9.48. The molecule has 3 heteroatoms. The maximum absolute atomic E-state index is 15.8. The van der Waals surface area contributed by atoms with Gasteiger partial charge in [0.2, 0.25) is 0 Å². The van der Waals surface area contributed by atoms with Crippen LogP contribution >= 0.6 is 7.14 Å². The normalized spacial score (nSPS) is 11.8. The van der Waals surface area contributed by atoms with Gasteiger partial charge in [-0.25, -0.2) is 4.98 Å². The lowest BCUT2D eigenvalue weighted by Crippen LogP contribution is -2.25. The highest BCUT2D eigenvalue weighted by molar-refractivity contribution is 7.85. The molecule has 0 atom stereocenters. The molecule has 0 fully saturated rings. The first-order valence-electron chi connectivity index (χ1n) is 16.2. The maximum Gasteiger partial charge on any atom is 0.171 e. The summed E-state index contributed by atoms with van der Waals surface area (Å²) in [5, 5.41) is 9.79. The van der Waals surface area contributed by atoms with E-state index in [1.165, 1.54) is 32.3 Å². The van der Waals surface area contributed by atoms with Crippen LogP contribution in [0.25, 0.3) is 66.0 Å². The Morgan fingerprint density at radius 3 is 1.56 bits per heavy atom. The van der Waals surface area contributed by atoms with Crippen LogP contribution in [0.1, 0.15) is 0 Å². The summed E-state index contributed by atoms with van der Waals surface area (Å²) in [4.78, 5) is 5.16. The fourth-order valence-corrected chi connectivity index (χ4v) is 9.89. The average Bonchev–Trinajstić information content (AvgIpc) is 3.17.